The van der Waals surface area contributed by atoms with Crippen LogP contribution in [0.25, 0.3) is 0 Å². The molecule has 0 aliphatic heterocycles. The smallest absolute Gasteiger partial charge is 0.220 e. The monoisotopic (exact) mass is 1030 g/mol. The van der Waals surface area contributed by atoms with Crippen molar-refractivity contribution >= 4 is 17.5 Å². The molecule has 0 rings (SSSR count). The van der Waals surface area contributed by atoms with Crippen LogP contribution in [-0.2, 0) is 14.4 Å². The first-order valence-electron chi connectivity index (χ1n) is 33.4. The summed E-state index contributed by atoms with van der Waals surface area (Å²) in [5.74, 6) is 3.36. The van der Waals surface area contributed by atoms with Gasteiger partial charge in [-0.25, -0.2) is 0 Å². The fourth-order valence-corrected chi connectivity index (χ4v) is 11.6. The van der Waals surface area contributed by atoms with Crippen molar-refractivity contribution in [2.45, 2.75) is 357 Å². The van der Waals surface area contributed by atoms with Crippen molar-refractivity contribution in [1.29, 1.82) is 0 Å². The van der Waals surface area contributed by atoms with Gasteiger partial charge in [-0.2, -0.15) is 0 Å². The molecule has 0 radical (unpaired) electrons. The standard InChI is InChI=1S/C67H133N3O3/c1-9-14-18-22-28-36-46-63(47-37-29-23-19-15-10-2)58-61(7)66(72)51-41-33-27-35-43-56-70(57-54-69-67(73)52-44-45-62(8)68-53-13-5)55-42-34-26-32-40-50-65(71)59-60(6)64(48-38-30-24-20-16-11-3)49-39-31-25-21-17-12-4/h60-64,68H,9-59H2,1-8H3,(H,69,73). The van der Waals surface area contributed by atoms with Gasteiger partial charge >= 0.3 is 0 Å². The predicted octanol–water partition coefficient (Wildman–Crippen LogP) is 20.1. The van der Waals surface area contributed by atoms with Crippen molar-refractivity contribution in [3.63, 3.8) is 0 Å². The van der Waals surface area contributed by atoms with Crippen LogP contribution in [-0.4, -0.2) is 61.1 Å². The molecular weight excluding hydrogens is 895 g/mol. The Morgan fingerprint density at radius 3 is 1.30 bits per heavy atom. The van der Waals surface area contributed by atoms with Crippen LogP contribution in [0.4, 0.5) is 0 Å². The Morgan fingerprint density at radius 2 is 0.822 bits per heavy atom. The Hall–Kier alpha value is -1.27. The van der Waals surface area contributed by atoms with Crippen molar-refractivity contribution in [3.05, 3.63) is 0 Å². The molecule has 0 aliphatic carbocycles. The molecule has 2 N–H and O–H groups in total. The second-order valence-corrected chi connectivity index (χ2v) is 24.1. The first-order valence-corrected chi connectivity index (χ1v) is 33.4. The van der Waals surface area contributed by atoms with Gasteiger partial charge < -0.3 is 15.5 Å². The summed E-state index contributed by atoms with van der Waals surface area (Å²) >= 11 is 0. The Balaban J connectivity index is 4.90. The molecule has 0 aliphatic rings. The van der Waals surface area contributed by atoms with E-state index >= 15 is 0 Å². The molecule has 3 unspecified atom stereocenters. The lowest BCUT2D eigenvalue weighted by Crippen LogP contribution is -2.36. The highest BCUT2D eigenvalue weighted by molar-refractivity contribution is 5.80. The minimum atomic E-state index is 0.188. The first-order chi connectivity index (χ1) is 35.6. The maximum atomic E-state index is 13.4. The number of carbonyl (C=O) groups excluding carboxylic acids is 3. The van der Waals surface area contributed by atoms with Crippen molar-refractivity contribution in [2.75, 3.05) is 32.7 Å². The number of hydrogen-bond acceptors (Lipinski definition) is 5. The summed E-state index contributed by atoms with van der Waals surface area (Å²) < 4.78 is 0. The van der Waals surface area contributed by atoms with Crippen molar-refractivity contribution in [1.82, 2.24) is 15.5 Å². The average molecular weight is 1030 g/mol. The van der Waals surface area contributed by atoms with E-state index in [2.05, 4.69) is 70.9 Å². The normalized spacial score (nSPS) is 13.1. The quantitative estimate of drug-likeness (QED) is 0.0594. The first kappa shape index (κ1) is 71.7. The fraction of sp³-hybridized carbons (Fsp3) is 0.955. The van der Waals surface area contributed by atoms with Gasteiger partial charge in [0.2, 0.25) is 5.91 Å². The van der Waals surface area contributed by atoms with E-state index in [1.807, 2.05) is 0 Å². The summed E-state index contributed by atoms with van der Waals surface area (Å²) in [6.45, 7) is 23.1. The van der Waals surface area contributed by atoms with E-state index in [4.69, 9.17) is 0 Å². The molecule has 0 aromatic carbocycles. The topological polar surface area (TPSA) is 78.5 Å². The summed E-state index contributed by atoms with van der Waals surface area (Å²) in [4.78, 5) is 42.0. The van der Waals surface area contributed by atoms with Gasteiger partial charge in [0.1, 0.15) is 11.6 Å². The molecule has 434 valence electrons. The van der Waals surface area contributed by atoms with E-state index in [0.29, 0.717) is 35.9 Å². The number of hydrogen-bond donors (Lipinski definition) is 2. The fourth-order valence-electron chi connectivity index (χ4n) is 11.6. The van der Waals surface area contributed by atoms with E-state index < -0.39 is 0 Å². The molecule has 6 nitrogen and oxygen atoms in total. The Morgan fingerprint density at radius 1 is 0.397 bits per heavy atom. The summed E-state index contributed by atoms with van der Waals surface area (Å²) in [5.41, 5.74) is 0. The molecule has 0 heterocycles. The van der Waals surface area contributed by atoms with Crippen molar-refractivity contribution in [2.24, 2.45) is 23.7 Å². The lowest BCUT2D eigenvalue weighted by atomic mass is 9.81. The number of Topliss-reactive ketones (excluding diaryl/α,β-unsaturated/α-hetero) is 2. The minimum Gasteiger partial charge on any atom is -0.355 e. The summed E-state index contributed by atoms with van der Waals surface area (Å²) in [5, 5.41) is 6.78. The zero-order chi connectivity index (χ0) is 53.7. The molecule has 0 saturated heterocycles. The van der Waals surface area contributed by atoms with Crippen molar-refractivity contribution < 1.29 is 14.4 Å². The summed E-state index contributed by atoms with van der Waals surface area (Å²) in [6.07, 6.45) is 56.5. The van der Waals surface area contributed by atoms with E-state index in [1.165, 1.54) is 218 Å². The second kappa shape index (κ2) is 55.5. The largest absolute Gasteiger partial charge is 0.355 e. The third kappa shape index (κ3) is 48.8. The second-order valence-electron chi connectivity index (χ2n) is 24.1. The molecule has 0 aromatic rings. The molecule has 1 amide bonds. The highest BCUT2D eigenvalue weighted by atomic mass is 16.1. The van der Waals surface area contributed by atoms with Gasteiger partial charge in [0.15, 0.2) is 0 Å². The maximum Gasteiger partial charge on any atom is 0.220 e. The Kier molecular flexibility index (Phi) is 54.5. The van der Waals surface area contributed by atoms with Crippen molar-refractivity contribution in [3.8, 4) is 0 Å². The molecule has 73 heavy (non-hydrogen) atoms. The molecule has 3 atom stereocenters. The Bertz CT molecular complexity index is 1140. The molecule has 0 fully saturated rings. The summed E-state index contributed by atoms with van der Waals surface area (Å²) in [7, 11) is 0. The van der Waals surface area contributed by atoms with Gasteiger partial charge in [-0.1, -0.05) is 267 Å². The third-order valence-electron chi connectivity index (χ3n) is 16.7. The van der Waals surface area contributed by atoms with Crippen LogP contribution < -0.4 is 10.6 Å². The SMILES string of the molecule is CCCCCCCCC(CCCCCCCC)CC(C)C(=O)CCCCCCCN(CCCCCCCC(=O)CC(C)C(CCCCCCCC)CCCCCCCC)CCNC(=O)CCCC(C)NCCC. The lowest BCUT2D eigenvalue weighted by molar-refractivity contribution is -0.123. The van der Waals surface area contributed by atoms with E-state index in [0.717, 1.165) is 109 Å². The maximum absolute atomic E-state index is 13.4. The van der Waals surface area contributed by atoms with E-state index in [1.54, 1.807) is 0 Å². The van der Waals surface area contributed by atoms with E-state index in [9.17, 15) is 14.4 Å². The van der Waals surface area contributed by atoms with Gasteiger partial charge in [0.05, 0.1) is 0 Å². The van der Waals surface area contributed by atoms with Crippen LogP contribution in [0.15, 0.2) is 0 Å². The van der Waals surface area contributed by atoms with Crippen LogP contribution >= 0.6 is 0 Å². The highest BCUT2D eigenvalue weighted by Gasteiger charge is 2.21. The van der Waals surface area contributed by atoms with Gasteiger partial charge in [-0.05, 0) is 95.7 Å². The predicted molar refractivity (Wildman–Crippen MR) is 323 cm³/mol. The number of ketones is 2. The van der Waals surface area contributed by atoms with Crippen LogP contribution in [0, 0.1) is 23.7 Å². The van der Waals surface area contributed by atoms with Gasteiger partial charge in [0, 0.05) is 50.7 Å². The zero-order valence-electron chi connectivity index (χ0n) is 51.1. The minimum absolute atomic E-state index is 0.188. The van der Waals surface area contributed by atoms with Gasteiger partial charge in [-0.15, -0.1) is 0 Å². The number of carbonyl (C=O) groups is 3. The molecule has 0 bridgehead atoms. The molecule has 0 saturated carbocycles. The van der Waals surface area contributed by atoms with Crippen LogP contribution in [0.1, 0.15) is 351 Å². The number of nitrogens with one attached hydrogen (secondary N) is 2. The third-order valence-corrected chi connectivity index (χ3v) is 16.7. The number of nitrogens with zero attached hydrogens (tertiary/aromatic N) is 1. The van der Waals surface area contributed by atoms with Crippen LogP contribution in [0.3, 0.4) is 0 Å². The molecule has 0 aromatic heterocycles. The van der Waals surface area contributed by atoms with Crippen LogP contribution in [0.2, 0.25) is 0 Å². The van der Waals surface area contributed by atoms with Crippen LogP contribution in [0.5, 0.6) is 0 Å². The number of rotatable bonds is 60. The van der Waals surface area contributed by atoms with Gasteiger partial charge in [0.25, 0.3) is 0 Å². The van der Waals surface area contributed by atoms with Gasteiger partial charge in [-0.3, -0.25) is 14.4 Å². The van der Waals surface area contributed by atoms with E-state index in [-0.39, 0.29) is 11.8 Å². The molecule has 6 heteroatoms. The molecule has 0 spiro atoms. The zero-order valence-corrected chi connectivity index (χ0v) is 51.1. The number of unbranched alkanes of at least 4 members (excludes halogenated alkanes) is 28. The number of amides is 1. The summed E-state index contributed by atoms with van der Waals surface area (Å²) in [6, 6.07) is 0.463. The Labute approximate surface area is 458 Å². The highest BCUT2D eigenvalue weighted by Crippen LogP contribution is 2.30. The lowest BCUT2D eigenvalue weighted by Gasteiger charge is -2.24. The average Bonchev–Trinajstić information content (AvgIpc) is 3.37. The molecular formula is C67H133N3O3.